The van der Waals surface area contributed by atoms with Crippen LogP contribution in [0, 0.1) is 0 Å². The van der Waals surface area contributed by atoms with Crippen LogP contribution in [-0.2, 0) is 6.54 Å². The summed E-state index contributed by atoms with van der Waals surface area (Å²) in [4.78, 5) is 13.3. The predicted octanol–water partition coefficient (Wildman–Crippen LogP) is 6.70. The molecule has 0 aliphatic heterocycles. The maximum atomic E-state index is 5.23. The van der Waals surface area contributed by atoms with Crippen molar-refractivity contribution >= 4 is 43.5 Å². The second-order valence-corrected chi connectivity index (χ2v) is 8.33. The lowest BCUT2D eigenvalue weighted by Crippen LogP contribution is -2.04. The second kappa shape index (κ2) is 6.81. The first-order valence-electron chi connectivity index (χ1n) is 11.2. The molecule has 0 aliphatic carbocycles. The van der Waals surface area contributed by atoms with Crippen LogP contribution < -0.4 is 0 Å². The number of imidazole rings is 2. The zero-order chi connectivity index (χ0) is 21.9. The Morgan fingerprint density at radius 2 is 1.45 bits per heavy atom. The van der Waals surface area contributed by atoms with E-state index in [1.54, 1.807) is 0 Å². The third-order valence-corrected chi connectivity index (χ3v) is 6.62. The summed E-state index contributed by atoms with van der Waals surface area (Å²) in [6.45, 7) is 3.02. The number of para-hydroxylation sites is 1. The first-order chi connectivity index (χ1) is 16.3. The number of nitrogens with one attached hydrogen (secondary N) is 1. The molecule has 7 aromatic rings. The van der Waals surface area contributed by atoms with Crippen LogP contribution in [0.25, 0.3) is 60.7 Å². The summed E-state index contributed by atoms with van der Waals surface area (Å²) < 4.78 is 4.41. The highest BCUT2D eigenvalue weighted by molar-refractivity contribution is 6.23. The fourth-order valence-corrected chi connectivity index (χ4v) is 5.24. The molecule has 0 saturated heterocycles. The van der Waals surface area contributed by atoms with Crippen molar-refractivity contribution in [2.45, 2.75) is 13.5 Å². The topological polar surface area (TPSA) is 51.4 Å². The molecule has 158 valence electrons. The van der Waals surface area contributed by atoms with Crippen LogP contribution in [-0.4, -0.2) is 24.1 Å². The highest BCUT2D eigenvalue weighted by atomic mass is 15.2. The number of aryl methyl sites for hydroxylation is 1. The van der Waals surface area contributed by atoms with Gasteiger partial charge in [-0.15, -0.1) is 0 Å². The van der Waals surface area contributed by atoms with Gasteiger partial charge >= 0.3 is 0 Å². The van der Waals surface area contributed by atoms with Crippen molar-refractivity contribution in [2.24, 2.45) is 0 Å². The summed E-state index contributed by atoms with van der Waals surface area (Å²) >= 11 is 0. The number of fused-ring (bicyclic) bond motifs is 7. The van der Waals surface area contributed by atoms with Crippen molar-refractivity contribution in [2.75, 3.05) is 0 Å². The van der Waals surface area contributed by atoms with E-state index in [0.29, 0.717) is 0 Å². The molecule has 0 fully saturated rings. The van der Waals surface area contributed by atoms with Gasteiger partial charge in [-0.2, -0.15) is 0 Å². The van der Waals surface area contributed by atoms with E-state index in [9.17, 15) is 0 Å². The minimum absolute atomic E-state index is 0.847. The van der Waals surface area contributed by atoms with Crippen molar-refractivity contribution in [3.05, 3.63) is 91.5 Å². The number of benzene rings is 4. The molecule has 3 aromatic heterocycles. The highest BCUT2D eigenvalue weighted by Crippen LogP contribution is 2.40. The standard InChI is InChI=1S/C28H21N5/c1-2-33-23-14-8-7-13-22(23)24(28(33)32-16-15-29-17-32)27-30-25-20-11-5-3-9-18(20)19-10-4-6-12-21(19)26(25)31-27/h3-17H,2H2,1H3,(H,30,31). The zero-order valence-corrected chi connectivity index (χ0v) is 18.2. The average Bonchev–Trinajstić information content (AvgIpc) is 3.61. The maximum absolute atomic E-state index is 5.23. The predicted molar refractivity (Wildman–Crippen MR) is 135 cm³/mol. The van der Waals surface area contributed by atoms with Gasteiger partial charge in [-0.05, 0) is 23.8 Å². The third-order valence-electron chi connectivity index (χ3n) is 6.62. The van der Waals surface area contributed by atoms with Crippen LogP contribution in [0.1, 0.15) is 6.92 Å². The third kappa shape index (κ3) is 2.47. The van der Waals surface area contributed by atoms with Crippen molar-refractivity contribution in [3.8, 4) is 17.2 Å². The number of aromatic nitrogens is 5. The van der Waals surface area contributed by atoms with Gasteiger partial charge in [-0.1, -0.05) is 66.7 Å². The molecule has 0 saturated carbocycles. The van der Waals surface area contributed by atoms with Crippen LogP contribution in [0.3, 0.4) is 0 Å². The van der Waals surface area contributed by atoms with Gasteiger partial charge in [0.1, 0.15) is 18.0 Å². The van der Waals surface area contributed by atoms with Crippen LogP contribution in [0.5, 0.6) is 0 Å². The zero-order valence-electron chi connectivity index (χ0n) is 18.2. The van der Waals surface area contributed by atoms with Crippen molar-refractivity contribution in [1.29, 1.82) is 0 Å². The van der Waals surface area contributed by atoms with E-state index in [4.69, 9.17) is 4.98 Å². The minimum atomic E-state index is 0.847. The lowest BCUT2D eigenvalue weighted by molar-refractivity contribution is 0.756. The summed E-state index contributed by atoms with van der Waals surface area (Å²) in [6, 6.07) is 25.6. The van der Waals surface area contributed by atoms with E-state index in [1.165, 1.54) is 27.1 Å². The lowest BCUT2D eigenvalue weighted by Gasteiger charge is -2.10. The van der Waals surface area contributed by atoms with Crippen LogP contribution >= 0.6 is 0 Å². The molecule has 3 heterocycles. The molecule has 0 unspecified atom stereocenters. The molecule has 0 atom stereocenters. The number of nitrogens with zero attached hydrogens (tertiary/aromatic N) is 4. The van der Waals surface area contributed by atoms with Crippen molar-refractivity contribution in [1.82, 2.24) is 24.1 Å². The molecule has 5 nitrogen and oxygen atoms in total. The van der Waals surface area contributed by atoms with Crippen LogP contribution in [0.4, 0.5) is 0 Å². The van der Waals surface area contributed by atoms with Crippen LogP contribution in [0.2, 0.25) is 0 Å². The lowest BCUT2D eigenvalue weighted by atomic mass is 10.0. The maximum Gasteiger partial charge on any atom is 0.142 e. The number of hydrogen-bond acceptors (Lipinski definition) is 2. The van der Waals surface area contributed by atoms with E-state index in [-0.39, 0.29) is 0 Å². The monoisotopic (exact) mass is 427 g/mol. The molecule has 0 radical (unpaired) electrons. The Hall–Kier alpha value is -4.38. The Bertz CT molecular complexity index is 1730. The van der Waals surface area contributed by atoms with Gasteiger partial charge in [0.15, 0.2) is 0 Å². The first kappa shape index (κ1) is 18.2. The number of aromatic amines is 1. The largest absolute Gasteiger partial charge is 0.337 e. The second-order valence-electron chi connectivity index (χ2n) is 8.33. The summed E-state index contributed by atoms with van der Waals surface area (Å²) in [6.07, 6.45) is 5.68. The fourth-order valence-electron chi connectivity index (χ4n) is 5.24. The van der Waals surface area contributed by atoms with E-state index in [2.05, 4.69) is 98.8 Å². The minimum Gasteiger partial charge on any atom is -0.337 e. The number of rotatable bonds is 3. The molecule has 4 aromatic carbocycles. The Kier molecular flexibility index (Phi) is 3.76. The molecule has 7 rings (SSSR count). The van der Waals surface area contributed by atoms with Gasteiger partial charge in [0, 0.05) is 35.1 Å². The Morgan fingerprint density at radius 1 is 0.788 bits per heavy atom. The molecular formula is C28H21N5. The smallest absolute Gasteiger partial charge is 0.142 e. The highest BCUT2D eigenvalue weighted by Gasteiger charge is 2.23. The fraction of sp³-hybridized carbons (Fsp3) is 0.0714. The molecule has 33 heavy (non-hydrogen) atoms. The molecule has 5 heteroatoms. The molecule has 0 bridgehead atoms. The summed E-state index contributed by atoms with van der Waals surface area (Å²) in [7, 11) is 0. The average molecular weight is 428 g/mol. The Labute approximate surface area is 189 Å². The molecule has 1 N–H and O–H groups in total. The quantitative estimate of drug-likeness (QED) is 0.319. The van der Waals surface area contributed by atoms with Crippen LogP contribution in [0.15, 0.2) is 91.5 Å². The normalized spacial score (nSPS) is 11.9. The van der Waals surface area contributed by atoms with E-state index < -0.39 is 0 Å². The summed E-state index contributed by atoms with van der Waals surface area (Å²) in [5.74, 6) is 1.95. The Balaban J connectivity index is 1.66. The molecule has 0 aliphatic rings. The van der Waals surface area contributed by atoms with Gasteiger partial charge < -0.3 is 9.55 Å². The van der Waals surface area contributed by atoms with Gasteiger partial charge in [0.2, 0.25) is 0 Å². The number of H-pyrrole nitrogens is 1. The van der Waals surface area contributed by atoms with Crippen molar-refractivity contribution in [3.63, 3.8) is 0 Å². The van der Waals surface area contributed by atoms with Gasteiger partial charge in [-0.3, -0.25) is 4.57 Å². The van der Waals surface area contributed by atoms with E-state index in [1.807, 2.05) is 18.7 Å². The van der Waals surface area contributed by atoms with Crippen molar-refractivity contribution < 1.29 is 0 Å². The Morgan fingerprint density at radius 3 is 2.18 bits per heavy atom. The molecular weight excluding hydrogens is 406 g/mol. The summed E-state index contributed by atoms with van der Waals surface area (Å²) in [5.41, 5.74) is 4.36. The molecule has 0 spiro atoms. The summed E-state index contributed by atoms with van der Waals surface area (Å²) in [5, 5.41) is 5.99. The SMILES string of the molecule is CCn1c(-n2ccnc2)c(-c2nc3c4ccccc4c4ccccc4c3[nH]2)c2ccccc21. The first-order valence-corrected chi connectivity index (χ1v) is 11.2. The van der Waals surface area contributed by atoms with E-state index in [0.717, 1.165) is 40.2 Å². The van der Waals surface area contributed by atoms with Gasteiger partial charge in [0.25, 0.3) is 0 Å². The van der Waals surface area contributed by atoms with E-state index >= 15 is 0 Å². The molecule has 0 amide bonds. The number of hydrogen-bond donors (Lipinski definition) is 1. The van der Waals surface area contributed by atoms with Gasteiger partial charge in [0.05, 0.1) is 22.1 Å². The van der Waals surface area contributed by atoms with Gasteiger partial charge in [-0.25, -0.2) is 9.97 Å².